The van der Waals surface area contributed by atoms with Gasteiger partial charge in [-0.1, -0.05) is 12.2 Å². The molecule has 0 aromatic rings. The van der Waals surface area contributed by atoms with Gasteiger partial charge in [0.25, 0.3) is 0 Å². The molecule has 0 fully saturated rings. The van der Waals surface area contributed by atoms with Crippen LogP contribution in [0.4, 0.5) is 0 Å². The zero-order valence-corrected chi connectivity index (χ0v) is 5.42. The van der Waals surface area contributed by atoms with Crippen LogP contribution >= 0.6 is 0 Å². The lowest BCUT2D eigenvalue weighted by molar-refractivity contribution is -0.137. The Labute approximate surface area is 54.2 Å². The summed E-state index contributed by atoms with van der Waals surface area (Å²) < 4.78 is 0. The van der Waals surface area contributed by atoms with Crippen molar-refractivity contribution in [3.63, 3.8) is 0 Å². The standard InChI is InChI=1S/C6H11NO2/c1-4(2)5(7)3-6(8)9/h5H,1,3,7H2,2H3,(H,8,9)/t5-/m0/s1. The van der Waals surface area contributed by atoms with E-state index < -0.39 is 12.0 Å². The van der Waals surface area contributed by atoms with Crippen LogP contribution in [0, 0.1) is 0 Å². The molecule has 0 aromatic carbocycles. The van der Waals surface area contributed by atoms with E-state index in [1.807, 2.05) is 0 Å². The van der Waals surface area contributed by atoms with Crippen molar-refractivity contribution in [3.05, 3.63) is 12.2 Å². The van der Waals surface area contributed by atoms with Crippen LogP contribution in [0.1, 0.15) is 13.3 Å². The fourth-order valence-electron chi connectivity index (χ4n) is 0.362. The third kappa shape index (κ3) is 3.73. The van der Waals surface area contributed by atoms with Crippen LogP contribution in [0.25, 0.3) is 0 Å². The van der Waals surface area contributed by atoms with E-state index in [0.29, 0.717) is 5.57 Å². The summed E-state index contributed by atoms with van der Waals surface area (Å²) in [4.78, 5) is 9.99. The van der Waals surface area contributed by atoms with Crippen LogP contribution in [0.5, 0.6) is 0 Å². The van der Waals surface area contributed by atoms with E-state index in [4.69, 9.17) is 10.8 Å². The Kier molecular flexibility index (Phi) is 2.95. The van der Waals surface area contributed by atoms with Crippen LogP contribution in [-0.4, -0.2) is 17.1 Å². The van der Waals surface area contributed by atoms with Crippen molar-refractivity contribution in [3.8, 4) is 0 Å². The van der Waals surface area contributed by atoms with E-state index in [1.54, 1.807) is 6.92 Å². The highest BCUT2D eigenvalue weighted by molar-refractivity contribution is 5.68. The molecule has 0 aliphatic rings. The summed E-state index contributed by atoms with van der Waals surface area (Å²) in [5, 5.41) is 8.21. The molecule has 0 saturated carbocycles. The van der Waals surface area contributed by atoms with Crippen LogP contribution in [0.2, 0.25) is 0 Å². The molecule has 0 aliphatic heterocycles. The minimum Gasteiger partial charge on any atom is -0.481 e. The van der Waals surface area contributed by atoms with Gasteiger partial charge < -0.3 is 10.8 Å². The SMILES string of the molecule is C=C(C)[C@@H](N)CC(=O)O. The van der Waals surface area contributed by atoms with E-state index in [9.17, 15) is 4.79 Å². The number of hydrogen-bond acceptors (Lipinski definition) is 2. The van der Waals surface area contributed by atoms with Crippen molar-refractivity contribution in [1.82, 2.24) is 0 Å². The van der Waals surface area contributed by atoms with E-state index in [1.165, 1.54) is 0 Å². The van der Waals surface area contributed by atoms with Crippen LogP contribution in [-0.2, 0) is 4.79 Å². The van der Waals surface area contributed by atoms with Gasteiger partial charge in [-0.2, -0.15) is 0 Å². The monoisotopic (exact) mass is 129 g/mol. The van der Waals surface area contributed by atoms with Gasteiger partial charge in [0.05, 0.1) is 6.42 Å². The number of carbonyl (C=O) groups is 1. The lowest BCUT2D eigenvalue weighted by Crippen LogP contribution is -2.24. The molecule has 9 heavy (non-hydrogen) atoms. The molecule has 0 aromatic heterocycles. The second kappa shape index (κ2) is 3.25. The molecule has 0 radical (unpaired) electrons. The van der Waals surface area contributed by atoms with Gasteiger partial charge in [-0.05, 0) is 6.92 Å². The van der Waals surface area contributed by atoms with E-state index >= 15 is 0 Å². The van der Waals surface area contributed by atoms with Crippen LogP contribution in [0.3, 0.4) is 0 Å². The van der Waals surface area contributed by atoms with Crippen molar-refractivity contribution in [2.45, 2.75) is 19.4 Å². The summed E-state index contributed by atoms with van der Waals surface area (Å²) in [6.07, 6.45) is -0.0324. The average molecular weight is 129 g/mol. The highest BCUT2D eigenvalue weighted by Gasteiger charge is 2.06. The Hall–Kier alpha value is -0.830. The number of carboxylic acids is 1. The topological polar surface area (TPSA) is 63.3 Å². The van der Waals surface area contributed by atoms with Gasteiger partial charge in [0.1, 0.15) is 0 Å². The van der Waals surface area contributed by atoms with Crippen molar-refractivity contribution in [1.29, 1.82) is 0 Å². The van der Waals surface area contributed by atoms with E-state index in [-0.39, 0.29) is 6.42 Å². The molecule has 3 heteroatoms. The molecule has 0 aliphatic carbocycles. The smallest absolute Gasteiger partial charge is 0.305 e. The van der Waals surface area contributed by atoms with Gasteiger partial charge in [-0.25, -0.2) is 0 Å². The van der Waals surface area contributed by atoms with Gasteiger partial charge in [0.2, 0.25) is 0 Å². The van der Waals surface area contributed by atoms with E-state index in [0.717, 1.165) is 0 Å². The Bertz CT molecular complexity index is 131. The Balaban J connectivity index is 3.63. The van der Waals surface area contributed by atoms with E-state index in [2.05, 4.69) is 6.58 Å². The normalized spacial score (nSPS) is 12.7. The summed E-state index contributed by atoms with van der Waals surface area (Å²) in [5.74, 6) is -0.884. The molecule has 0 bridgehead atoms. The fourth-order valence-corrected chi connectivity index (χ4v) is 0.362. The quantitative estimate of drug-likeness (QED) is 0.541. The minimum atomic E-state index is -0.884. The summed E-state index contributed by atoms with van der Waals surface area (Å²) in [5.41, 5.74) is 6.04. The Morgan fingerprint density at radius 1 is 1.89 bits per heavy atom. The second-order valence-corrected chi connectivity index (χ2v) is 2.05. The van der Waals surface area contributed by atoms with Crippen LogP contribution in [0.15, 0.2) is 12.2 Å². The van der Waals surface area contributed by atoms with Crippen molar-refractivity contribution >= 4 is 5.97 Å². The molecule has 52 valence electrons. The molecule has 0 amide bonds. The van der Waals surface area contributed by atoms with Crippen molar-refractivity contribution in [2.24, 2.45) is 5.73 Å². The van der Waals surface area contributed by atoms with Crippen molar-refractivity contribution < 1.29 is 9.90 Å². The number of rotatable bonds is 3. The highest BCUT2D eigenvalue weighted by atomic mass is 16.4. The molecule has 3 N–H and O–H groups in total. The maximum atomic E-state index is 9.99. The maximum absolute atomic E-state index is 9.99. The van der Waals surface area contributed by atoms with Gasteiger partial charge in [-0.3, -0.25) is 4.79 Å². The number of aliphatic carboxylic acids is 1. The number of carboxylic acid groups (broad SMARTS) is 1. The Morgan fingerprint density at radius 2 is 2.33 bits per heavy atom. The van der Waals surface area contributed by atoms with Crippen LogP contribution < -0.4 is 5.73 Å². The average Bonchev–Trinajstić information content (AvgIpc) is 1.63. The molecule has 0 saturated heterocycles. The first-order chi connectivity index (χ1) is 4.04. The van der Waals surface area contributed by atoms with Gasteiger partial charge in [0.15, 0.2) is 0 Å². The second-order valence-electron chi connectivity index (χ2n) is 2.05. The molecule has 3 nitrogen and oxygen atoms in total. The minimum absolute atomic E-state index is 0.0324. The number of nitrogens with two attached hydrogens (primary N) is 1. The maximum Gasteiger partial charge on any atom is 0.305 e. The van der Waals surface area contributed by atoms with Gasteiger partial charge >= 0.3 is 5.97 Å². The molecular formula is C6H11NO2. The van der Waals surface area contributed by atoms with Gasteiger partial charge in [0, 0.05) is 6.04 Å². The first-order valence-corrected chi connectivity index (χ1v) is 2.67. The predicted octanol–water partition coefficient (Wildman–Crippen LogP) is 0.365. The summed E-state index contributed by atoms with van der Waals surface area (Å²) >= 11 is 0. The first-order valence-electron chi connectivity index (χ1n) is 2.67. The largest absolute Gasteiger partial charge is 0.481 e. The predicted molar refractivity (Wildman–Crippen MR) is 35.0 cm³/mol. The molecular weight excluding hydrogens is 118 g/mol. The third-order valence-electron chi connectivity index (χ3n) is 1.03. The summed E-state index contributed by atoms with van der Waals surface area (Å²) in [6, 6.07) is -0.400. The third-order valence-corrected chi connectivity index (χ3v) is 1.03. The zero-order chi connectivity index (χ0) is 7.44. The number of hydrogen-bond donors (Lipinski definition) is 2. The first kappa shape index (κ1) is 8.17. The molecule has 0 rings (SSSR count). The molecule has 0 unspecified atom stereocenters. The molecule has 0 heterocycles. The zero-order valence-electron chi connectivity index (χ0n) is 5.42. The van der Waals surface area contributed by atoms with Crippen molar-refractivity contribution in [2.75, 3.05) is 0 Å². The molecule has 1 atom stereocenters. The Morgan fingerprint density at radius 3 is 2.44 bits per heavy atom. The lowest BCUT2D eigenvalue weighted by Gasteiger charge is -2.05. The summed E-state index contributed by atoms with van der Waals surface area (Å²) in [6.45, 7) is 5.24. The summed E-state index contributed by atoms with van der Waals surface area (Å²) in [7, 11) is 0. The van der Waals surface area contributed by atoms with Gasteiger partial charge in [-0.15, -0.1) is 0 Å². The highest BCUT2D eigenvalue weighted by Crippen LogP contribution is 1.98. The fraction of sp³-hybridized carbons (Fsp3) is 0.500. The lowest BCUT2D eigenvalue weighted by atomic mass is 10.1. The molecule has 0 spiro atoms.